The Bertz CT molecular complexity index is 696. The van der Waals surface area contributed by atoms with E-state index < -0.39 is 11.5 Å². The van der Waals surface area contributed by atoms with Gasteiger partial charge >= 0.3 is 0 Å². The van der Waals surface area contributed by atoms with Crippen molar-refractivity contribution in [2.24, 2.45) is 5.41 Å². The number of anilines is 1. The highest BCUT2D eigenvalue weighted by Crippen LogP contribution is 2.52. The van der Waals surface area contributed by atoms with Crippen LogP contribution in [0.4, 0.5) is 5.13 Å². The molecule has 1 unspecified atom stereocenters. The average Bonchev–Trinajstić information content (AvgIpc) is 2.84. The Morgan fingerprint density at radius 1 is 1.55 bits per heavy atom. The fourth-order valence-corrected chi connectivity index (χ4v) is 3.83. The SMILES string of the molecule is COc1cc(C(O)C2(COC=O)CCC2)c2nc(N)sc2c1. The van der Waals surface area contributed by atoms with Crippen LogP contribution in [0.25, 0.3) is 10.2 Å². The first-order valence-corrected chi connectivity index (χ1v) is 7.88. The van der Waals surface area contributed by atoms with Gasteiger partial charge in [0.15, 0.2) is 5.13 Å². The van der Waals surface area contributed by atoms with E-state index >= 15 is 0 Å². The second-order valence-electron chi connectivity index (χ2n) is 5.64. The van der Waals surface area contributed by atoms with Crippen molar-refractivity contribution in [2.45, 2.75) is 25.4 Å². The lowest BCUT2D eigenvalue weighted by Crippen LogP contribution is -2.40. The minimum atomic E-state index is -0.778. The van der Waals surface area contributed by atoms with Crippen LogP contribution in [-0.4, -0.2) is 30.3 Å². The summed E-state index contributed by atoms with van der Waals surface area (Å²) >= 11 is 1.36. The number of nitrogen functional groups attached to an aromatic ring is 1. The largest absolute Gasteiger partial charge is 0.497 e. The number of methoxy groups -OCH3 is 1. The molecule has 1 aliphatic rings. The summed E-state index contributed by atoms with van der Waals surface area (Å²) in [6, 6.07) is 3.64. The normalized spacial score (nSPS) is 17.7. The first-order valence-electron chi connectivity index (χ1n) is 7.07. The van der Waals surface area contributed by atoms with E-state index in [4.69, 9.17) is 15.2 Å². The van der Waals surface area contributed by atoms with Crippen LogP contribution in [-0.2, 0) is 9.53 Å². The third kappa shape index (κ3) is 2.40. The molecule has 0 radical (unpaired) electrons. The van der Waals surface area contributed by atoms with Gasteiger partial charge in [0.05, 0.1) is 30.0 Å². The topological polar surface area (TPSA) is 94.7 Å². The third-order valence-electron chi connectivity index (χ3n) is 4.41. The number of nitrogens with two attached hydrogens (primary N) is 1. The summed E-state index contributed by atoms with van der Waals surface area (Å²) in [7, 11) is 1.58. The molecule has 1 saturated carbocycles. The average molecular weight is 322 g/mol. The molecule has 0 spiro atoms. The monoisotopic (exact) mass is 322 g/mol. The van der Waals surface area contributed by atoms with Crippen molar-refractivity contribution in [2.75, 3.05) is 19.5 Å². The lowest BCUT2D eigenvalue weighted by Gasteiger charge is -2.44. The number of ether oxygens (including phenoxy) is 2. The van der Waals surface area contributed by atoms with E-state index in [9.17, 15) is 9.90 Å². The van der Waals surface area contributed by atoms with Crippen LogP contribution in [0, 0.1) is 5.41 Å². The van der Waals surface area contributed by atoms with E-state index in [0.29, 0.717) is 28.4 Å². The smallest absolute Gasteiger partial charge is 0.293 e. The number of hydrogen-bond acceptors (Lipinski definition) is 7. The fourth-order valence-electron chi connectivity index (χ4n) is 3.03. The maximum atomic E-state index is 10.9. The number of aromatic nitrogens is 1. The minimum Gasteiger partial charge on any atom is -0.497 e. The molecule has 2 aromatic rings. The number of thiazole rings is 1. The molecule has 3 N–H and O–H groups in total. The summed E-state index contributed by atoms with van der Waals surface area (Å²) in [5.41, 5.74) is 6.72. The Labute approximate surface area is 131 Å². The van der Waals surface area contributed by atoms with Gasteiger partial charge in [0.1, 0.15) is 5.75 Å². The van der Waals surface area contributed by atoms with Crippen LogP contribution in [0.2, 0.25) is 0 Å². The van der Waals surface area contributed by atoms with Gasteiger partial charge in [0.2, 0.25) is 0 Å². The summed E-state index contributed by atoms with van der Waals surface area (Å²) in [6.07, 6.45) is 1.84. The van der Waals surface area contributed by atoms with Crippen molar-refractivity contribution in [3.05, 3.63) is 17.7 Å². The molecule has 0 amide bonds. The Morgan fingerprint density at radius 3 is 2.91 bits per heavy atom. The van der Waals surface area contributed by atoms with Crippen molar-refractivity contribution < 1.29 is 19.4 Å². The molecule has 22 heavy (non-hydrogen) atoms. The molecule has 0 aliphatic heterocycles. The van der Waals surface area contributed by atoms with Crippen molar-refractivity contribution >= 4 is 33.2 Å². The number of aliphatic hydroxyl groups is 1. The van der Waals surface area contributed by atoms with E-state index in [1.54, 1.807) is 13.2 Å². The number of nitrogens with zero attached hydrogens (tertiary/aromatic N) is 1. The fraction of sp³-hybridized carbons (Fsp3) is 0.467. The van der Waals surface area contributed by atoms with Gasteiger partial charge in [-0.05, 0) is 25.0 Å². The highest BCUT2D eigenvalue weighted by molar-refractivity contribution is 7.22. The Hall–Kier alpha value is -1.86. The summed E-state index contributed by atoms with van der Waals surface area (Å²) < 4.78 is 11.1. The molecule has 1 fully saturated rings. The zero-order chi connectivity index (χ0) is 15.7. The molecule has 1 atom stereocenters. The number of rotatable bonds is 6. The molecule has 0 bridgehead atoms. The van der Waals surface area contributed by atoms with Gasteiger partial charge in [-0.15, -0.1) is 0 Å². The van der Waals surface area contributed by atoms with E-state index in [1.807, 2.05) is 6.07 Å². The number of fused-ring (bicyclic) bond motifs is 1. The number of benzene rings is 1. The molecule has 1 aromatic heterocycles. The van der Waals surface area contributed by atoms with Crippen LogP contribution >= 0.6 is 11.3 Å². The van der Waals surface area contributed by atoms with Gasteiger partial charge in [0.25, 0.3) is 6.47 Å². The summed E-state index contributed by atoms with van der Waals surface area (Å²) in [5, 5.41) is 11.4. The van der Waals surface area contributed by atoms with E-state index in [2.05, 4.69) is 4.98 Å². The van der Waals surface area contributed by atoms with Crippen LogP contribution in [0.5, 0.6) is 5.75 Å². The molecular weight excluding hydrogens is 304 g/mol. The van der Waals surface area contributed by atoms with Crippen molar-refractivity contribution in [1.82, 2.24) is 4.98 Å². The molecular formula is C15H18N2O4S. The molecule has 1 aliphatic carbocycles. The summed E-state index contributed by atoms with van der Waals surface area (Å²) in [6.45, 7) is 0.630. The number of hydrogen-bond donors (Lipinski definition) is 2. The zero-order valence-electron chi connectivity index (χ0n) is 12.2. The van der Waals surface area contributed by atoms with Crippen LogP contribution in [0.15, 0.2) is 12.1 Å². The van der Waals surface area contributed by atoms with E-state index in [1.165, 1.54) is 11.3 Å². The minimum absolute atomic E-state index is 0.204. The molecule has 3 rings (SSSR count). The van der Waals surface area contributed by atoms with E-state index in [-0.39, 0.29) is 6.61 Å². The Morgan fingerprint density at radius 2 is 2.32 bits per heavy atom. The van der Waals surface area contributed by atoms with Gasteiger partial charge < -0.3 is 20.3 Å². The standard InChI is InChI=1S/C15H18N2O4S/c1-20-9-5-10(12-11(6-9)22-14(16)17-12)13(19)15(3-2-4-15)7-21-8-18/h5-6,8,13,19H,2-4,7H2,1H3,(H2,16,17). The molecule has 6 nitrogen and oxygen atoms in total. The van der Waals surface area contributed by atoms with Gasteiger partial charge in [-0.2, -0.15) is 0 Å². The second kappa shape index (κ2) is 5.73. The molecule has 7 heteroatoms. The third-order valence-corrected chi connectivity index (χ3v) is 5.24. The Kier molecular flexibility index (Phi) is 3.92. The lowest BCUT2D eigenvalue weighted by molar-refractivity contribution is -0.141. The summed E-state index contributed by atoms with van der Waals surface area (Å²) in [5.74, 6) is 0.649. The molecule has 118 valence electrons. The van der Waals surface area contributed by atoms with Gasteiger partial charge in [-0.1, -0.05) is 17.8 Å². The predicted octanol–water partition coefficient (Wildman–Crippen LogP) is 2.26. The quantitative estimate of drug-likeness (QED) is 0.792. The second-order valence-corrected chi connectivity index (χ2v) is 6.70. The van der Waals surface area contributed by atoms with Crippen LogP contribution < -0.4 is 10.5 Å². The Balaban J connectivity index is 2.05. The van der Waals surface area contributed by atoms with Gasteiger partial charge in [0, 0.05) is 11.0 Å². The number of carbonyl (C=O) groups excluding carboxylic acids is 1. The lowest BCUT2D eigenvalue weighted by atomic mass is 9.64. The molecule has 0 saturated heterocycles. The highest BCUT2D eigenvalue weighted by atomic mass is 32.1. The first-order chi connectivity index (χ1) is 10.6. The summed E-state index contributed by atoms with van der Waals surface area (Å²) in [4.78, 5) is 14.8. The van der Waals surface area contributed by atoms with Crippen molar-refractivity contribution in [1.29, 1.82) is 0 Å². The zero-order valence-corrected chi connectivity index (χ0v) is 13.1. The maximum absolute atomic E-state index is 10.9. The van der Waals surface area contributed by atoms with E-state index in [0.717, 1.165) is 24.0 Å². The van der Waals surface area contributed by atoms with Crippen LogP contribution in [0.3, 0.4) is 0 Å². The highest BCUT2D eigenvalue weighted by Gasteiger charge is 2.46. The van der Waals surface area contributed by atoms with Crippen molar-refractivity contribution in [3.63, 3.8) is 0 Å². The first kappa shape index (κ1) is 15.1. The molecule has 1 aromatic carbocycles. The van der Waals surface area contributed by atoms with Crippen LogP contribution in [0.1, 0.15) is 30.9 Å². The number of carbonyl (C=O) groups is 1. The molecule has 1 heterocycles. The number of aliphatic hydroxyl groups excluding tert-OH is 1. The van der Waals surface area contributed by atoms with Gasteiger partial charge in [-0.25, -0.2) is 4.98 Å². The maximum Gasteiger partial charge on any atom is 0.293 e. The predicted molar refractivity (Wildman–Crippen MR) is 83.8 cm³/mol. The van der Waals surface area contributed by atoms with Gasteiger partial charge in [-0.3, -0.25) is 4.79 Å². The van der Waals surface area contributed by atoms with Crippen molar-refractivity contribution in [3.8, 4) is 5.75 Å².